The van der Waals surface area contributed by atoms with Crippen LogP contribution in [0.2, 0.25) is 0 Å². The maximum absolute atomic E-state index is 11.2. The number of hydrogen-bond acceptors (Lipinski definition) is 18. The van der Waals surface area contributed by atoms with E-state index < -0.39 is 20.0 Å². The SMILES string of the molecule is CC(C)c1cc(-c2ccco2)no1.CC(C)c1cc(C(C)(C)C)no1.CC(C)c1ccc2[nH]ccc2c1.CC(C)c1ccc2c(c1)CC(=O)N2.CC(C)c1ccc2c(c1)CC(=O)N2.CC(C)c1ccc2nc(C(C)(C)C)[nH]c2c1.CC(C)c1nc2ccccc2o1.COc1ccc(S(N)(=O)=O)cc1C(C)C.Cc1ccc(-c2csc(C(C)C)n2)o1.Cc1ccc(C(C)C)cc1S(N)(=O)=O. The van der Waals surface area contributed by atoms with Gasteiger partial charge in [0, 0.05) is 75.1 Å². The second-order valence-electron chi connectivity index (χ2n) is 38.7. The number of fused-ring (bicyclic) bond motifs is 5. The lowest BCUT2D eigenvalue weighted by atomic mass is 9.92. The first-order chi connectivity index (χ1) is 62.8. The number of methoxy groups -OCH3 is 1. The zero-order chi connectivity index (χ0) is 99.2. The number of amides is 2. The number of aromatic nitrogens is 7. The maximum Gasteiger partial charge on any atom is 0.238 e. The molecule has 0 fully saturated rings. The van der Waals surface area contributed by atoms with Crippen molar-refractivity contribution in [3.05, 3.63) is 284 Å². The molecule has 0 saturated heterocycles. The average Bonchev–Trinajstić information content (AvgIpc) is 1.78. The molecule has 0 aliphatic carbocycles. The number of hydrogen-bond donors (Lipinski definition) is 6. The van der Waals surface area contributed by atoms with Crippen molar-refractivity contribution in [3.63, 3.8) is 0 Å². The molecule has 8 aromatic heterocycles. The van der Waals surface area contributed by atoms with E-state index >= 15 is 0 Å². The highest BCUT2D eigenvalue weighted by Gasteiger charge is 2.24. The molecular formula is C108H141N11O12S3. The topological polar surface area (TPSA) is 349 Å². The van der Waals surface area contributed by atoms with Crippen LogP contribution in [0.5, 0.6) is 5.75 Å². The van der Waals surface area contributed by atoms with Crippen LogP contribution in [0.4, 0.5) is 11.4 Å². The Bertz CT molecular complexity index is 6420. The molecule has 718 valence electrons. The molecule has 0 radical (unpaired) electrons. The molecule has 26 heteroatoms. The number of nitrogens with one attached hydrogen (secondary N) is 4. The Labute approximate surface area is 797 Å². The molecule has 23 nitrogen and oxygen atoms in total. The summed E-state index contributed by atoms with van der Waals surface area (Å²) in [6, 6.07) is 56.9. The Hall–Kier alpha value is -11.8. The van der Waals surface area contributed by atoms with E-state index in [-0.39, 0.29) is 38.4 Å². The molecule has 2 aliphatic heterocycles. The van der Waals surface area contributed by atoms with Crippen molar-refractivity contribution in [2.45, 2.75) is 287 Å². The molecule has 2 amide bonds. The van der Waals surface area contributed by atoms with Crippen molar-refractivity contribution in [2.24, 2.45) is 10.3 Å². The van der Waals surface area contributed by atoms with E-state index in [2.05, 4.69) is 265 Å². The van der Waals surface area contributed by atoms with Crippen molar-refractivity contribution in [1.29, 1.82) is 0 Å². The lowest BCUT2D eigenvalue weighted by molar-refractivity contribution is -0.115. The summed E-state index contributed by atoms with van der Waals surface area (Å²) >= 11 is 1.69. The van der Waals surface area contributed by atoms with Gasteiger partial charge in [-0.2, -0.15) is 0 Å². The molecule has 7 aromatic carbocycles. The number of oxazole rings is 1. The summed E-state index contributed by atoms with van der Waals surface area (Å²) in [5.41, 5.74) is 20.3. The standard InChI is InChI=1S/C14H20N2.C11H13NOS.2C11H13NO.C11H13N.C10H15NO3S.C10H15NO2S.C10H11NO2.C10H11NO.C10H17NO/c1-9(2)10-6-7-11-12(8-10)16-13(15-11)14(3,4)5;1-7(2)11-12-9(6-14-11)10-5-4-8(3)13-10;2*1-7(2)8-3-4-10-9(5-8)6-11(13)12-10;1-8(2)9-3-4-11-10(7-9)5-6-12-11;1-7(2)9-6-8(15(11,12)13)4-5-10(9)14-3;1-7(2)9-5-4-8(3)10(6-9)14(11,12)13;1-7(2)10-6-8(11-13-10)9-4-3-5-12-9;1-7(2)10-11-8-5-3-4-6-9(8)12-10;1-7(2)8-6-9(11-12-8)10(3,4)5/h6-9H,1-5H3,(H,15,16);4-7H,1-3H3;2*3-5,7H,6H2,1-2H3,(H,12,13);3-8,12H,1-2H3;4-7H,1-3H3,(H2,11,12,13);4-7H,1-3H3,(H2,11,12,13);3-7H,1-2H3;3-7H,1-2H3;6-7H,1-5H3. The van der Waals surface area contributed by atoms with Crippen LogP contribution in [0.25, 0.3) is 55.9 Å². The van der Waals surface area contributed by atoms with Gasteiger partial charge in [0.05, 0.1) is 57.7 Å². The first kappa shape index (κ1) is 108. The van der Waals surface area contributed by atoms with Gasteiger partial charge < -0.3 is 47.6 Å². The van der Waals surface area contributed by atoms with Crippen molar-refractivity contribution in [1.82, 2.24) is 35.2 Å². The number of carbonyl (C=O) groups is 2. The van der Waals surface area contributed by atoms with Gasteiger partial charge in [0.1, 0.15) is 45.8 Å². The minimum atomic E-state index is -3.64. The van der Waals surface area contributed by atoms with E-state index in [1.165, 1.54) is 39.2 Å². The average molecular weight is 1880 g/mol. The number of imidazole rings is 1. The fourth-order valence-corrected chi connectivity index (χ4v) is 15.6. The number of aromatic amines is 2. The number of ether oxygens (including phenoxy) is 1. The van der Waals surface area contributed by atoms with Gasteiger partial charge in [0.15, 0.2) is 23.0 Å². The number of rotatable bonds is 15. The van der Waals surface area contributed by atoms with Crippen LogP contribution >= 0.6 is 11.3 Å². The van der Waals surface area contributed by atoms with E-state index in [1.807, 2.05) is 125 Å². The molecule has 0 unspecified atom stereocenters. The van der Waals surface area contributed by atoms with Crippen LogP contribution < -0.4 is 25.6 Å². The smallest absolute Gasteiger partial charge is 0.238 e. The van der Waals surface area contributed by atoms with Crippen molar-refractivity contribution >= 4 is 87.6 Å². The number of nitrogens with two attached hydrogens (primary N) is 2. The number of H-pyrrole nitrogens is 2. The lowest BCUT2D eigenvalue weighted by Gasteiger charge is -2.13. The fourth-order valence-electron chi connectivity index (χ4n) is 13.4. The minimum absolute atomic E-state index is 0.0804. The first-order valence-electron chi connectivity index (χ1n) is 45.9. The third-order valence-corrected chi connectivity index (χ3v) is 25.0. The van der Waals surface area contributed by atoms with Gasteiger partial charge in [-0.1, -0.05) is 251 Å². The second-order valence-corrected chi connectivity index (χ2v) is 42.7. The van der Waals surface area contributed by atoms with Gasteiger partial charge in [0.2, 0.25) is 31.9 Å². The Kier molecular flexibility index (Phi) is 38.4. The zero-order valence-corrected chi connectivity index (χ0v) is 86.1. The van der Waals surface area contributed by atoms with E-state index in [4.69, 9.17) is 37.3 Å². The number of benzene rings is 7. The van der Waals surface area contributed by atoms with Gasteiger partial charge in [-0.15, -0.1) is 11.3 Å². The summed E-state index contributed by atoms with van der Waals surface area (Å²) in [7, 11) is -5.68. The Morgan fingerprint density at radius 3 is 1.49 bits per heavy atom. The van der Waals surface area contributed by atoms with Gasteiger partial charge in [-0.3, -0.25) is 9.59 Å². The zero-order valence-electron chi connectivity index (χ0n) is 83.7. The summed E-state index contributed by atoms with van der Waals surface area (Å²) in [6.07, 6.45) is 4.68. The van der Waals surface area contributed by atoms with Gasteiger partial charge in [0.25, 0.3) is 0 Å². The predicted octanol–water partition coefficient (Wildman–Crippen LogP) is 28.1. The number of para-hydroxylation sites is 2. The molecule has 134 heavy (non-hydrogen) atoms. The molecular weight excluding hydrogens is 1740 g/mol. The largest absolute Gasteiger partial charge is 0.496 e. The van der Waals surface area contributed by atoms with Crippen molar-refractivity contribution < 1.29 is 53.5 Å². The molecule has 0 spiro atoms. The highest BCUT2D eigenvalue weighted by Crippen LogP contribution is 2.35. The van der Waals surface area contributed by atoms with Crippen molar-refractivity contribution in [3.8, 4) is 28.7 Å². The number of sulfonamides is 2. The number of furan rings is 2. The van der Waals surface area contributed by atoms with Crippen LogP contribution in [0.3, 0.4) is 0 Å². The Morgan fingerprint density at radius 1 is 0.463 bits per heavy atom. The number of primary sulfonamides is 2. The summed E-state index contributed by atoms with van der Waals surface area (Å²) < 4.78 is 76.4. The third-order valence-electron chi connectivity index (χ3n) is 21.9. The fraction of sp³-hybridized carbons (Fsp3) is 0.398. The van der Waals surface area contributed by atoms with Gasteiger partial charge in [-0.05, 0) is 208 Å². The monoisotopic (exact) mass is 1880 g/mol. The summed E-state index contributed by atoms with van der Waals surface area (Å²) in [6.45, 7) is 58.8. The summed E-state index contributed by atoms with van der Waals surface area (Å²) in [5.74, 6) is 11.5. The van der Waals surface area contributed by atoms with Crippen LogP contribution in [0, 0.1) is 13.8 Å². The molecule has 0 bridgehead atoms. The van der Waals surface area contributed by atoms with Gasteiger partial charge in [-0.25, -0.2) is 42.1 Å². The Morgan fingerprint density at radius 2 is 1.01 bits per heavy atom. The highest BCUT2D eigenvalue weighted by molar-refractivity contribution is 7.89. The number of nitrogens with zero attached hydrogens (tertiary/aromatic N) is 5. The van der Waals surface area contributed by atoms with Crippen LogP contribution in [0.1, 0.15) is 329 Å². The maximum atomic E-state index is 11.2. The minimum Gasteiger partial charge on any atom is -0.496 e. The quantitative estimate of drug-likeness (QED) is 0.0555. The van der Waals surface area contributed by atoms with E-state index in [9.17, 15) is 26.4 Å². The van der Waals surface area contributed by atoms with Crippen LogP contribution in [-0.2, 0) is 53.3 Å². The van der Waals surface area contributed by atoms with E-state index in [0.29, 0.717) is 77.4 Å². The van der Waals surface area contributed by atoms with E-state index in [1.54, 1.807) is 55.9 Å². The number of carbonyl (C=O) groups excluding carboxylic acids is 2. The summed E-state index contributed by atoms with van der Waals surface area (Å²) in [4.78, 5) is 42.6. The third kappa shape index (κ3) is 31.7. The second kappa shape index (κ2) is 47.9. The first-order valence-corrected chi connectivity index (χ1v) is 49.9. The molecule has 0 saturated carbocycles. The molecule has 2 aliphatic rings. The van der Waals surface area contributed by atoms with Crippen LogP contribution in [0.15, 0.2) is 226 Å². The van der Waals surface area contributed by atoms with E-state index in [0.717, 1.165) is 118 Å². The predicted molar refractivity (Wildman–Crippen MR) is 546 cm³/mol. The number of thiazole rings is 1. The molecule has 0 atom stereocenters. The molecule has 17 rings (SSSR count). The molecule has 15 aromatic rings. The molecule has 10 heterocycles. The number of aryl methyl sites for hydroxylation is 2. The Balaban J connectivity index is 0.000000183. The van der Waals surface area contributed by atoms with Crippen molar-refractivity contribution in [2.75, 3.05) is 17.7 Å². The highest BCUT2D eigenvalue weighted by atomic mass is 32.2. The normalized spacial score (nSPS) is 12.3. The lowest BCUT2D eigenvalue weighted by Crippen LogP contribution is -2.14. The summed E-state index contributed by atoms with van der Waals surface area (Å²) in [5, 5.41) is 28.3. The molecule has 8 N–H and O–H groups in total. The number of anilines is 2. The van der Waals surface area contributed by atoms with Crippen LogP contribution in [-0.4, -0.2) is 71.0 Å². The van der Waals surface area contributed by atoms with Gasteiger partial charge >= 0.3 is 0 Å².